The van der Waals surface area contributed by atoms with E-state index < -0.39 is 10.8 Å². The molecule has 0 saturated carbocycles. The number of thioether (sulfide) groups is 1. The maximum Gasteiger partial charge on any atom is 0.270 e. The van der Waals surface area contributed by atoms with E-state index in [9.17, 15) is 19.7 Å². The van der Waals surface area contributed by atoms with Crippen LogP contribution in [-0.2, 0) is 11.2 Å². The van der Waals surface area contributed by atoms with Crippen molar-refractivity contribution in [1.29, 1.82) is 0 Å². The number of aromatic nitrogens is 2. The summed E-state index contributed by atoms with van der Waals surface area (Å²) in [5.41, 5.74) is 1.26. The molecule has 33 heavy (non-hydrogen) atoms. The molecule has 1 aliphatic heterocycles. The van der Waals surface area contributed by atoms with E-state index in [-0.39, 0.29) is 17.4 Å². The molecular formula is C22H19N5O5S. The number of anilines is 1. The fraction of sp³-hybridized carbons (Fsp3) is 0.182. The molecule has 0 N–H and O–H groups in total. The molecule has 1 aromatic heterocycles. The smallest absolute Gasteiger partial charge is 0.270 e. The molecule has 1 amide bonds. The number of carbonyl (C=O) groups is 2. The lowest BCUT2D eigenvalue weighted by Crippen LogP contribution is -2.28. The zero-order valence-corrected chi connectivity index (χ0v) is 18.8. The summed E-state index contributed by atoms with van der Waals surface area (Å²) in [4.78, 5) is 40.3. The Morgan fingerprint density at radius 1 is 1.12 bits per heavy atom. The van der Waals surface area contributed by atoms with Gasteiger partial charge >= 0.3 is 0 Å². The number of carbonyl (C=O) groups excluding carboxylic acids is 2. The van der Waals surface area contributed by atoms with Gasteiger partial charge in [-0.25, -0.2) is 4.98 Å². The molecule has 0 saturated heterocycles. The van der Waals surface area contributed by atoms with Crippen LogP contribution < -0.4 is 9.75 Å². The lowest BCUT2D eigenvalue weighted by atomic mass is 10.1. The van der Waals surface area contributed by atoms with E-state index in [2.05, 4.69) is 10.1 Å². The first kappa shape index (κ1) is 22.2. The van der Waals surface area contributed by atoms with Crippen molar-refractivity contribution in [2.24, 2.45) is 5.10 Å². The molecule has 0 bridgehead atoms. The topological polar surface area (TPSA) is 120 Å². The molecule has 11 heteroatoms. The van der Waals surface area contributed by atoms with Crippen LogP contribution in [0.4, 0.5) is 11.5 Å². The highest BCUT2D eigenvalue weighted by Gasteiger charge is 2.32. The summed E-state index contributed by atoms with van der Waals surface area (Å²) in [6.45, 7) is 2.75. The van der Waals surface area contributed by atoms with Gasteiger partial charge in [-0.15, -0.1) is 0 Å². The zero-order chi connectivity index (χ0) is 23.7. The van der Waals surface area contributed by atoms with Crippen molar-refractivity contribution in [2.45, 2.75) is 25.3 Å². The van der Waals surface area contributed by atoms with Crippen LogP contribution in [-0.4, -0.2) is 38.4 Å². The van der Waals surface area contributed by atoms with Gasteiger partial charge < -0.3 is 4.74 Å². The highest BCUT2D eigenvalue weighted by molar-refractivity contribution is 8.14. The second kappa shape index (κ2) is 8.87. The van der Waals surface area contributed by atoms with Crippen molar-refractivity contribution in [1.82, 2.24) is 9.55 Å². The fourth-order valence-corrected chi connectivity index (χ4v) is 4.47. The number of amides is 1. The highest BCUT2D eigenvalue weighted by atomic mass is 32.2. The first-order chi connectivity index (χ1) is 15.8. The zero-order valence-electron chi connectivity index (χ0n) is 18.0. The van der Waals surface area contributed by atoms with E-state index in [1.165, 1.54) is 30.5 Å². The lowest BCUT2D eigenvalue weighted by Gasteiger charge is -2.21. The number of nitro groups is 1. The van der Waals surface area contributed by atoms with Gasteiger partial charge in [0, 0.05) is 38.0 Å². The summed E-state index contributed by atoms with van der Waals surface area (Å²) < 4.78 is 6.64. The van der Waals surface area contributed by atoms with E-state index in [1.807, 2.05) is 24.3 Å². The third-order valence-corrected chi connectivity index (χ3v) is 5.98. The number of hydrogen-bond acceptors (Lipinski definition) is 8. The number of fused-ring (bicyclic) bond motifs is 1. The number of non-ortho nitro benzene ring substituents is 1. The van der Waals surface area contributed by atoms with Gasteiger partial charge in [0.1, 0.15) is 21.6 Å². The SMILES string of the molecule is COc1ccc(Cc2nc3c(n2C(C)=O)SC(c2cccc([N+](=O)[O-])c2)=NN3C(C)=O)cc1. The van der Waals surface area contributed by atoms with Crippen molar-refractivity contribution < 1.29 is 19.2 Å². The van der Waals surface area contributed by atoms with Gasteiger partial charge in [-0.3, -0.25) is 24.3 Å². The van der Waals surface area contributed by atoms with Crippen LogP contribution in [0.5, 0.6) is 5.75 Å². The quantitative estimate of drug-likeness (QED) is 0.414. The molecule has 0 spiro atoms. The van der Waals surface area contributed by atoms with Crippen molar-refractivity contribution in [2.75, 3.05) is 12.1 Å². The number of imidazole rings is 1. The first-order valence-electron chi connectivity index (χ1n) is 9.86. The predicted molar refractivity (Wildman–Crippen MR) is 123 cm³/mol. The van der Waals surface area contributed by atoms with Gasteiger partial charge in [-0.1, -0.05) is 24.3 Å². The molecule has 3 aromatic rings. The third kappa shape index (κ3) is 4.35. The van der Waals surface area contributed by atoms with Crippen molar-refractivity contribution in [3.05, 3.63) is 75.6 Å². The summed E-state index contributed by atoms with van der Waals surface area (Å²) in [5.74, 6) is 0.737. The summed E-state index contributed by atoms with van der Waals surface area (Å²) in [5, 5.41) is 17.5. The van der Waals surface area contributed by atoms with Crippen molar-refractivity contribution in [3.8, 4) is 5.75 Å². The maximum absolute atomic E-state index is 12.6. The Morgan fingerprint density at radius 2 is 1.85 bits per heavy atom. The van der Waals surface area contributed by atoms with Gasteiger partial charge in [0.2, 0.25) is 11.8 Å². The number of benzene rings is 2. The van der Waals surface area contributed by atoms with Gasteiger partial charge in [0.15, 0.2) is 5.82 Å². The Morgan fingerprint density at radius 3 is 2.45 bits per heavy atom. The monoisotopic (exact) mass is 465 g/mol. The van der Waals surface area contributed by atoms with Crippen LogP contribution in [0.3, 0.4) is 0 Å². The summed E-state index contributed by atoms with van der Waals surface area (Å²) in [7, 11) is 1.58. The second-order valence-electron chi connectivity index (χ2n) is 7.18. The van der Waals surface area contributed by atoms with E-state index in [1.54, 1.807) is 19.2 Å². The Balaban J connectivity index is 1.78. The molecule has 4 rings (SSSR count). The van der Waals surface area contributed by atoms with Gasteiger partial charge in [-0.05, 0) is 29.5 Å². The fourth-order valence-electron chi connectivity index (χ4n) is 3.37. The van der Waals surface area contributed by atoms with Crippen LogP contribution in [0.15, 0.2) is 58.7 Å². The Hall–Kier alpha value is -3.99. The average molecular weight is 465 g/mol. The van der Waals surface area contributed by atoms with Gasteiger partial charge in [-0.2, -0.15) is 10.1 Å². The Bertz CT molecular complexity index is 1300. The number of nitrogens with zero attached hydrogens (tertiary/aromatic N) is 5. The van der Waals surface area contributed by atoms with Gasteiger partial charge in [0.05, 0.1) is 12.0 Å². The number of hydrazone groups is 1. The first-order valence-corrected chi connectivity index (χ1v) is 10.7. The van der Waals surface area contributed by atoms with Crippen LogP contribution in [0.1, 0.15) is 35.6 Å². The van der Waals surface area contributed by atoms with Crippen LogP contribution in [0, 0.1) is 10.1 Å². The van der Waals surface area contributed by atoms with Crippen LogP contribution in [0.2, 0.25) is 0 Å². The standard InChI is InChI=1S/C22H19N5O5S/c1-13(28)25-19(11-15-7-9-18(32-3)10-8-15)23-20-22(25)33-21(24-26(20)14(2)29)16-5-4-6-17(12-16)27(30)31/h4-10,12H,11H2,1-3H3. The molecule has 2 aromatic carbocycles. The van der Waals surface area contributed by atoms with E-state index in [0.29, 0.717) is 33.6 Å². The van der Waals surface area contributed by atoms with Crippen molar-refractivity contribution in [3.63, 3.8) is 0 Å². The van der Waals surface area contributed by atoms with E-state index >= 15 is 0 Å². The molecule has 0 atom stereocenters. The second-order valence-corrected chi connectivity index (χ2v) is 8.16. The van der Waals surface area contributed by atoms with Crippen LogP contribution in [0.25, 0.3) is 0 Å². The molecule has 1 aliphatic rings. The minimum absolute atomic E-state index is 0.101. The summed E-state index contributed by atoms with van der Waals surface area (Å²) >= 11 is 1.14. The molecule has 2 heterocycles. The Kier molecular flexibility index (Phi) is 5.97. The minimum atomic E-state index is -0.501. The van der Waals surface area contributed by atoms with E-state index in [4.69, 9.17) is 4.74 Å². The number of nitro benzene ring substituents is 1. The molecule has 10 nitrogen and oxygen atoms in total. The molecule has 0 radical (unpaired) electrons. The highest BCUT2D eigenvalue weighted by Crippen LogP contribution is 2.39. The molecule has 168 valence electrons. The normalized spacial score (nSPS) is 12.7. The predicted octanol–water partition coefficient (Wildman–Crippen LogP) is 3.87. The van der Waals surface area contributed by atoms with E-state index in [0.717, 1.165) is 22.3 Å². The molecular weight excluding hydrogens is 446 g/mol. The number of methoxy groups -OCH3 is 1. The number of ether oxygens (including phenoxy) is 1. The number of rotatable bonds is 5. The Labute approximate surface area is 193 Å². The molecule has 0 unspecified atom stereocenters. The van der Waals surface area contributed by atoms with Crippen molar-refractivity contribution >= 4 is 40.1 Å². The molecule has 0 fully saturated rings. The number of hydrogen-bond donors (Lipinski definition) is 0. The summed E-state index contributed by atoms with van der Waals surface area (Å²) in [6.07, 6.45) is 0.342. The summed E-state index contributed by atoms with van der Waals surface area (Å²) in [6, 6.07) is 13.3. The largest absolute Gasteiger partial charge is 0.497 e. The average Bonchev–Trinajstić information content (AvgIpc) is 3.16. The molecule has 0 aliphatic carbocycles. The van der Waals surface area contributed by atoms with Gasteiger partial charge in [0.25, 0.3) is 5.69 Å². The minimum Gasteiger partial charge on any atom is -0.497 e. The maximum atomic E-state index is 12.6. The third-order valence-electron chi connectivity index (χ3n) is 4.91. The lowest BCUT2D eigenvalue weighted by molar-refractivity contribution is -0.384. The van der Waals surface area contributed by atoms with Crippen LogP contribution >= 0.6 is 11.8 Å².